The fraction of sp³-hybridized carbons (Fsp3) is 0.444. The molecule has 0 heterocycles. The fourth-order valence-electron chi connectivity index (χ4n) is 4.20. The van der Waals surface area contributed by atoms with Crippen LogP contribution >= 0.6 is 0 Å². The Bertz CT molecular complexity index is 979. The Hall–Kier alpha value is -3.39. The van der Waals surface area contributed by atoms with Crippen LogP contribution in [0.15, 0.2) is 48.5 Å². The number of rotatable bonds is 13. The number of nitrogens with one attached hydrogen (secondary N) is 2. The number of hydrogen-bond acceptors (Lipinski definition) is 5. The molecule has 188 valence electrons. The highest BCUT2D eigenvalue weighted by Gasteiger charge is 2.29. The maximum absolute atomic E-state index is 12.2. The van der Waals surface area contributed by atoms with Crippen LogP contribution in [0.3, 0.4) is 0 Å². The maximum Gasteiger partial charge on any atom is 0.407 e. The zero-order chi connectivity index (χ0) is 25.2. The van der Waals surface area contributed by atoms with E-state index >= 15 is 0 Å². The lowest BCUT2D eigenvalue weighted by Crippen LogP contribution is -2.42. The number of carbonyl (C=O) groups excluding carboxylic acids is 2. The van der Waals surface area contributed by atoms with E-state index in [-0.39, 0.29) is 50.5 Å². The molecule has 0 aliphatic heterocycles. The summed E-state index contributed by atoms with van der Waals surface area (Å²) in [6, 6.07) is 15.4. The standard InChI is InChI=1S/C27H34N2O6/c1-3-18(2)16-24(26(31)32)29-25(30)12-14-34-15-13-28-27(33)35-17-23-21-10-6-4-8-19(21)20-9-5-7-11-22(20)23/h4-11,18,23-24H,3,12-17H2,1-2H3,(H,28,33)(H,29,30)(H,31,32). The first-order chi connectivity index (χ1) is 16.9. The molecule has 0 fully saturated rings. The van der Waals surface area contributed by atoms with E-state index in [0.717, 1.165) is 17.5 Å². The number of carbonyl (C=O) groups is 3. The number of aliphatic carboxylic acids is 1. The molecule has 3 rings (SSSR count). The molecular formula is C27H34N2O6. The van der Waals surface area contributed by atoms with Crippen LogP contribution in [-0.4, -0.2) is 55.5 Å². The van der Waals surface area contributed by atoms with Crippen LogP contribution in [0.5, 0.6) is 0 Å². The number of carboxylic acids is 1. The molecule has 0 saturated heterocycles. The quantitative estimate of drug-likeness (QED) is 0.373. The number of fused-ring (bicyclic) bond motifs is 3. The first-order valence-electron chi connectivity index (χ1n) is 12.1. The van der Waals surface area contributed by atoms with Crippen LogP contribution < -0.4 is 10.6 Å². The summed E-state index contributed by atoms with van der Waals surface area (Å²) in [6.45, 7) is 4.76. The predicted molar refractivity (Wildman–Crippen MR) is 132 cm³/mol. The molecule has 1 aliphatic carbocycles. The van der Waals surface area contributed by atoms with E-state index in [4.69, 9.17) is 9.47 Å². The van der Waals surface area contributed by atoms with Crippen molar-refractivity contribution in [3.05, 3.63) is 59.7 Å². The number of hydrogen-bond donors (Lipinski definition) is 3. The lowest BCUT2D eigenvalue weighted by Gasteiger charge is -2.18. The lowest BCUT2D eigenvalue weighted by atomic mass is 9.98. The third kappa shape index (κ3) is 7.29. The molecule has 0 spiro atoms. The summed E-state index contributed by atoms with van der Waals surface area (Å²) >= 11 is 0. The molecule has 0 radical (unpaired) electrons. The van der Waals surface area contributed by atoms with E-state index < -0.39 is 18.1 Å². The monoisotopic (exact) mass is 482 g/mol. The summed E-state index contributed by atoms with van der Waals surface area (Å²) < 4.78 is 10.9. The van der Waals surface area contributed by atoms with Crippen molar-refractivity contribution in [2.75, 3.05) is 26.4 Å². The highest BCUT2D eigenvalue weighted by atomic mass is 16.5. The van der Waals surface area contributed by atoms with Crippen molar-refractivity contribution in [2.24, 2.45) is 5.92 Å². The smallest absolute Gasteiger partial charge is 0.407 e. The number of carboxylic acid groups (broad SMARTS) is 1. The molecule has 1 aliphatic rings. The van der Waals surface area contributed by atoms with Crippen molar-refractivity contribution in [1.29, 1.82) is 0 Å². The summed E-state index contributed by atoms with van der Waals surface area (Å²) in [6.07, 6.45) is 0.763. The maximum atomic E-state index is 12.2. The van der Waals surface area contributed by atoms with Gasteiger partial charge in [-0.2, -0.15) is 0 Å². The van der Waals surface area contributed by atoms with Gasteiger partial charge < -0.3 is 25.2 Å². The van der Waals surface area contributed by atoms with Gasteiger partial charge in [0.2, 0.25) is 5.91 Å². The van der Waals surface area contributed by atoms with Crippen LogP contribution in [0.2, 0.25) is 0 Å². The minimum Gasteiger partial charge on any atom is -0.480 e. The summed E-state index contributed by atoms with van der Waals surface area (Å²) in [5.74, 6) is -1.20. The molecule has 35 heavy (non-hydrogen) atoms. The van der Waals surface area contributed by atoms with E-state index in [2.05, 4.69) is 34.9 Å². The zero-order valence-electron chi connectivity index (χ0n) is 20.3. The summed E-state index contributed by atoms with van der Waals surface area (Å²) in [4.78, 5) is 35.5. The molecular weight excluding hydrogens is 448 g/mol. The van der Waals surface area contributed by atoms with Crippen molar-refractivity contribution in [2.45, 2.75) is 45.1 Å². The summed E-state index contributed by atoms with van der Waals surface area (Å²) in [5.41, 5.74) is 4.64. The van der Waals surface area contributed by atoms with Crippen LogP contribution in [0.4, 0.5) is 4.79 Å². The van der Waals surface area contributed by atoms with E-state index in [1.807, 2.05) is 38.1 Å². The second kappa shape index (κ2) is 12.9. The highest BCUT2D eigenvalue weighted by Crippen LogP contribution is 2.44. The normalized spacial score (nSPS) is 13.9. The van der Waals surface area contributed by atoms with E-state index in [9.17, 15) is 19.5 Å². The fourth-order valence-corrected chi connectivity index (χ4v) is 4.20. The number of benzene rings is 2. The van der Waals surface area contributed by atoms with Gasteiger partial charge >= 0.3 is 12.1 Å². The number of ether oxygens (including phenoxy) is 2. The molecule has 2 atom stereocenters. The van der Waals surface area contributed by atoms with E-state index in [1.165, 1.54) is 11.1 Å². The molecule has 0 aromatic heterocycles. The third-order valence-electron chi connectivity index (χ3n) is 6.30. The van der Waals surface area contributed by atoms with Gasteiger partial charge in [-0.25, -0.2) is 9.59 Å². The Morgan fingerprint density at radius 2 is 1.63 bits per heavy atom. The van der Waals surface area contributed by atoms with Crippen molar-refractivity contribution in [3.8, 4) is 11.1 Å². The van der Waals surface area contributed by atoms with Gasteiger partial charge in [-0.15, -0.1) is 0 Å². The first kappa shape index (κ1) is 26.2. The van der Waals surface area contributed by atoms with Gasteiger partial charge in [0.25, 0.3) is 0 Å². The Morgan fingerprint density at radius 1 is 1.00 bits per heavy atom. The van der Waals surface area contributed by atoms with Gasteiger partial charge in [-0.3, -0.25) is 4.79 Å². The molecule has 2 aromatic carbocycles. The topological polar surface area (TPSA) is 114 Å². The average molecular weight is 483 g/mol. The average Bonchev–Trinajstić information content (AvgIpc) is 3.18. The molecule has 3 N–H and O–H groups in total. The summed E-state index contributed by atoms with van der Waals surface area (Å²) in [5, 5.41) is 14.5. The molecule has 0 bridgehead atoms. The lowest BCUT2D eigenvalue weighted by molar-refractivity contribution is -0.142. The molecule has 0 saturated carbocycles. The highest BCUT2D eigenvalue weighted by molar-refractivity contribution is 5.83. The molecule has 2 amide bonds. The Labute approximate surface area is 206 Å². The van der Waals surface area contributed by atoms with Crippen LogP contribution in [0.25, 0.3) is 11.1 Å². The van der Waals surface area contributed by atoms with Gasteiger partial charge in [-0.05, 0) is 34.6 Å². The Balaban J connectivity index is 1.32. The minimum absolute atomic E-state index is 0.00199. The molecule has 2 aromatic rings. The van der Waals surface area contributed by atoms with Gasteiger partial charge in [0.1, 0.15) is 12.6 Å². The minimum atomic E-state index is -1.04. The SMILES string of the molecule is CCC(C)CC(NC(=O)CCOCCNC(=O)OCC1c2ccccc2-c2ccccc21)C(=O)O. The van der Waals surface area contributed by atoms with Gasteiger partial charge in [-0.1, -0.05) is 68.8 Å². The Morgan fingerprint density at radius 3 is 2.23 bits per heavy atom. The largest absolute Gasteiger partial charge is 0.480 e. The summed E-state index contributed by atoms with van der Waals surface area (Å²) in [7, 11) is 0. The first-order valence-corrected chi connectivity index (χ1v) is 12.1. The Kier molecular flexibility index (Phi) is 9.66. The predicted octanol–water partition coefficient (Wildman–Crippen LogP) is 3.94. The zero-order valence-corrected chi connectivity index (χ0v) is 20.3. The second-order valence-corrected chi connectivity index (χ2v) is 8.82. The van der Waals surface area contributed by atoms with E-state index in [1.54, 1.807) is 0 Å². The van der Waals surface area contributed by atoms with Gasteiger partial charge in [0.05, 0.1) is 13.2 Å². The van der Waals surface area contributed by atoms with Crippen molar-refractivity contribution in [3.63, 3.8) is 0 Å². The molecule has 2 unspecified atom stereocenters. The van der Waals surface area contributed by atoms with Crippen molar-refractivity contribution < 1.29 is 29.0 Å². The third-order valence-corrected chi connectivity index (χ3v) is 6.30. The second-order valence-electron chi connectivity index (χ2n) is 8.82. The van der Waals surface area contributed by atoms with Crippen molar-refractivity contribution >= 4 is 18.0 Å². The van der Waals surface area contributed by atoms with E-state index in [0.29, 0.717) is 6.42 Å². The molecule has 8 nitrogen and oxygen atoms in total. The van der Waals surface area contributed by atoms with Crippen LogP contribution in [-0.2, 0) is 19.1 Å². The van der Waals surface area contributed by atoms with Crippen molar-refractivity contribution in [1.82, 2.24) is 10.6 Å². The number of amides is 2. The molecule has 8 heteroatoms. The van der Waals surface area contributed by atoms with Gasteiger partial charge in [0, 0.05) is 18.9 Å². The van der Waals surface area contributed by atoms with Crippen LogP contribution in [0, 0.1) is 5.92 Å². The number of alkyl carbamates (subject to hydrolysis) is 1. The van der Waals surface area contributed by atoms with Crippen LogP contribution in [0.1, 0.15) is 50.2 Å². The van der Waals surface area contributed by atoms with Gasteiger partial charge in [0.15, 0.2) is 0 Å².